The molecule has 2 rings (SSSR count). The van der Waals surface area contributed by atoms with E-state index >= 15 is 0 Å². The van der Waals surface area contributed by atoms with Crippen LogP contribution in [-0.4, -0.2) is 112 Å². The number of quaternary nitrogens is 2. The minimum atomic E-state index is 1.22. The largest absolute Gasteiger partial charge is 0.326 e. The molecule has 0 aromatic heterocycles. The van der Waals surface area contributed by atoms with Crippen molar-refractivity contribution in [2.24, 2.45) is 0 Å². The molecule has 2 aliphatic heterocycles. The first-order chi connectivity index (χ1) is 15.4. The number of hydrogen-bond acceptors (Lipinski definition) is 2. The second-order valence-corrected chi connectivity index (χ2v) is 12.4. The Hall–Kier alpha value is -0.160. The van der Waals surface area contributed by atoms with Crippen LogP contribution in [0.1, 0.15) is 89.9 Å². The van der Waals surface area contributed by atoms with Crippen molar-refractivity contribution in [3.8, 4) is 0 Å². The average molecular weight is 453 g/mol. The van der Waals surface area contributed by atoms with Crippen LogP contribution in [-0.2, 0) is 0 Å². The molecular weight excluding hydrogens is 392 g/mol. The van der Waals surface area contributed by atoms with Crippen molar-refractivity contribution in [2.75, 3.05) is 93.6 Å². The second kappa shape index (κ2) is 15.7. The normalized spacial score (nSPS) is 21.8. The van der Waals surface area contributed by atoms with Crippen LogP contribution in [0, 0.1) is 0 Å². The molecule has 2 fully saturated rings. The SMILES string of the molecule is C[N+]1(C)CCN(CCCCCCCCCCCCCCCCN2CC[N+](C)(C)CC2)CC1. The lowest BCUT2D eigenvalue weighted by Gasteiger charge is -2.39. The molecule has 0 unspecified atom stereocenters. The average Bonchev–Trinajstić information content (AvgIpc) is 2.75. The lowest BCUT2D eigenvalue weighted by Crippen LogP contribution is -2.54. The van der Waals surface area contributed by atoms with Crippen molar-refractivity contribution in [3.63, 3.8) is 0 Å². The molecule has 32 heavy (non-hydrogen) atoms. The van der Waals surface area contributed by atoms with Gasteiger partial charge in [-0.1, -0.05) is 77.0 Å². The van der Waals surface area contributed by atoms with Gasteiger partial charge in [0, 0.05) is 26.2 Å². The summed E-state index contributed by atoms with van der Waals surface area (Å²) in [6.07, 6.45) is 20.5. The van der Waals surface area contributed by atoms with Crippen LogP contribution < -0.4 is 0 Å². The number of likely N-dealkylation sites (N-methyl/N-ethyl adjacent to an activating group) is 2. The summed E-state index contributed by atoms with van der Waals surface area (Å²) in [5.41, 5.74) is 0. The third kappa shape index (κ3) is 13.5. The molecule has 0 bridgehead atoms. The van der Waals surface area contributed by atoms with Gasteiger partial charge in [-0.25, -0.2) is 0 Å². The first-order valence-corrected chi connectivity index (χ1v) is 14.5. The number of unbranched alkanes of at least 4 members (excludes halogenated alkanes) is 13. The topological polar surface area (TPSA) is 6.48 Å². The number of rotatable bonds is 17. The minimum Gasteiger partial charge on any atom is -0.326 e. The Morgan fingerprint density at radius 3 is 0.844 bits per heavy atom. The molecule has 0 aromatic rings. The van der Waals surface area contributed by atoms with Gasteiger partial charge in [0.15, 0.2) is 0 Å². The van der Waals surface area contributed by atoms with Crippen molar-refractivity contribution < 1.29 is 8.97 Å². The van der Waals surface area contributed by atoms with E-state index in [0.717, 1.165) is 0 Å². The Morgan fingerprint density at radius 2 is 0.594 bits per heavy atom. The molecule has 0 amide bonds. The van der Waals surface area contributed by atoms with Gasteiger partial charge in [-0.2, -0.15) is 0 Å². The van der Waals surface area contributed by atoms with Crippen LogP contribution in [0.3, 0.4) is 0 Å². The van der Waals surface area contributed by atoms with Gasteiger partial charge in [0.2, 0.25) is 0 Å². The van der Waals surface area contributed by atoms with Gasteiger partial charge < -0.3 is 8.97 Å². The van der Waals surface area contributed by atoms with Gasteiger partial charge in [-0.05, 0) is 25.9 Å². The maximum Gasteiger partial charge on any atom is 0.0912 e. The smallest absolute Gasteiger partial charge is 0.0912 e. The zero-order valence-electron chi connectivity index (χ0n) is 22.8. The molecule has 0 aliphatic carbocycles. The fraction of sp³-hybridized carbons (Fsp3) is 1.00. The van der Waals surface area contributed by atoms with Crippen LogP contribution >= 0.6 is 0 Å². The van der Waals surface area contributed by atoms with E-state index in [1.165, 1.54) is 164 Å². The van der Waals surface area contributed by atoms with Crippen molar-refractivity contribution in [1.29, 1.82) is 0 Å². The van der Waals surface area contributed by atoms with E-state index in [1.807, 2.05) is 0 Å². The number of piperazine rings is 2. The summed E-state index contributed by atoms with van der Waals surface area (Å²) in [4.78, 5) is 5.39. The summed E-state index contributed by atoms with van der Waals surface area (Å²) < 4.78 is 2.43. The van der Waals surface area contributed by atoms with Crippen LogP contribution in [0.25, 0.3) is 0 Å². The second-order valence-electron chi connectivity index (χ2n) is 12.4. The first-order valence-electron chi connectivity index (χ1n) is 14.5. The molecular formula is C28H60N4+2. The van der Waals surface area contributed by atoms with Crippen molar-refractivity contribution in [2.45, 2.75) is 89.9 Å². The fourth-order valence-corrected chi connectivity index (χ4v) is 5.34. The summed E-state index contributed by atoms with van der Waals surface area (Å²) in [5.74, 6) is 0. The van der Waals surface area contributed by atoms with Gasteiger partial charge in [0.25, 0.3) is 0 Å². The maximum atomic E-state index is 2.69. The molecule has 0 aromatic carbocycles. The van der Waals surface area contributed by atoms with Crippen molar-refractivity contribution in [3.05, 3.63) is 0 Å². The van der Waals surface area contributed by atoms with E-state index in [2.05, 4.69) is 38.0 Å². The highest BCUT2D eigenvalue weighted by Crippen LogP contribution is 2.14. The Balaban J connectivity index is 1.23. The molecule has 0 N–H and O–H groups in total. The predicted molar refractivity (Wildman–Crippen MR) is 141 cm³/mol. The lowest BCUT2D eigenvalue weighted by molar-refractivity contribution is -0.894. The van der Waals surface area contributed by atoms with Crippen molar-refractivity contribution in [1.82, 2.24) is 9.80 Å². The van der Waals surface area contributed by atoms with Crippen LogP contribution in [0.5, 0.6) is 0 Å². The molecule has 0 spiro atoms. The number of nitrogens with zero attached hydrogens (tertiary/aromatic N) is 4. The highest BCUT2D eigenvalue weighted by atomic mass is 15.4. The van der Waals surface area contributed by atoms with E-state index in [0.29, 0.717) is 0 Å². The Kier molecular flexibility index (Phi) is 13.8. The molecule has 2 saturated heterocycles. The monoisotopic (exact) mass is 452 g/mol. The molecule has 0 atom stereocenters. The zero-order chi connectivity index (χ0) is 23.1. The van der Waals surface area contributed by atoms with E-state index in [4.69, 9.17) is 0 Å². The van der Waals surface area contributed by atoms with Crippen LogP contribution in [0.15, 0.2) is 0 Å². The maximum absolute atomic E-state index is 2.69. The number of hydrogen-bond donors (Lipinski definition) is 0. The summed E-state index contributed by atoms with van der Waals surface area (Å²) in [7, 11) is 9.48. The summed E-state index contributed by atoms with van der Waals surface area (Å²) >= 11 is 0. The van der Waals surface area contributed by atoms with E-state index in [-0.39, 0.29) is 0 Å². The summed E-state index contributed by atoms with van der Waals surface area (Å²) in [6.45, 7) is 13.2. The lowest BCUT2D eigenvalue weighted by atomic mass is 10.0. The van der Waals surface area contributed by atoms with Gasteiger partial charge in [0.05, 0.1) is 54.4 Å². The predicted octanol–water partition coefficient (Wildman–Crippen LogP) is 5.23. The quantitative estimate of drug-likeness (QED) is 0.220. The van der Waals surface area contributed by atoms with Crippen molar-refractivity contribution >= 4 is 0 Å². The minimum absolute atomic E-state index is 1.22. The highest BCUT2D eigenvalue weighted by Gasteiger charge is 2.24. The third-order valence-corrected chi connectivity index (χ3v) is 8.28. The molecule has 4 nitrogen and oxygen atoms in total. The zero-order valence-corrected chi connectivity index (χ0v) is 22.8. The van der Waals surface area contributed by atoms with E-state index in [1.54, 1.807) is 0 Å². The Labute approximate surface area is 202 Å². The molecule has 190 valence electrons. The highest BCUT2D eigenvalue weighted by molar-refractivity contribution is 4.63. The van der Waals surface area contributed by atoms with Gasteiger partial charge in [0.1, 0.15) is 0 Å². The molecule has 0 radical (unpaired) electrons. The van der Waals surface area contributed by atoms with Gasteiger partial charge in [-0.3, -0.25) is 9.80 Å². The summed E-state index contributed by atoms with van der Waals surface area (Å²) in [6, 6.07) is 0. The fourth-order valence-electron chi connectivity index (χ4n) is 5.34. The van der Waals surface area contributed by atoms with E-state index < -0.39 is 0 Å². The molecule has 4 heteroatoms. The standard InChI is InChI=1S/C28H60N4/c1-31(2)25-21-29(22-26-31)19-17-15-13-11-9-7-5-6-8-10-12-14-16-18-20-30-23-27-32(3,4)28-24-30/h5-28H2,1-4H3/q+2. The Morgan fingerprint density at radius 1 is 0.375 bits per heavy atom. The summed E-state index contributed by atoms with van der Waals surface area (Å²) in [5, 5.41) is 0. The van der Waals surface area contributed by atoms with E-state index in [9.17, 15) is 0 Å². The molecule has 2 heterocycles. The Bertz CT molecular complexity index is 400. The van der Waals surface area contributed by atoms with Crippen LogP contribution in [0.2, 0.25) is 0 Å². The van der Waals surface area contributed by atoms with Gasteiger partial charge in [-0.15, -0.1) is 0 Å². The first kappa shape index (κ1) is 28.1. The van der Waals surface area contributed by atoms with Gasteiger partial charge >= 0.3 is 0 Å². The van der Waals surface area contributed by atoms with Crippen LogP contribution in [0.4, 0.5) is 0 Å². The molecule has 2 aliphatic rings. The third-order valence-electron chi connectivity index (χ3n) is 8.28. The molecule has 0 saturated carbocycles.